The Balaban J connectivity index is 4.65. The molecule has 0 bridgehead atoms. The molecule has 6 nitrogen and oxygen atoms in total. The topological polar surface area (TPSA) is 78.9 Å². The van der Waals surface area contributed by atoms with Crippen LogP contribution in [0, 0.1) is 0 Å². The van der Waals surface area contributed by atoms with Gasteiger partial charge in [-0.05, 0) is 141 Å². The molecular formula is C63H94O6. The maximum absolute atomic E-state index is 12.8. The van der Waals surface area contributed by atoms with E-state index >= 15 is 0 Å². The molecule has 69 heavy (non-hydrogen) atoms. The fourth-order valence-corrected chi connectivity index (χ4v) is 6.32. The van der Waals surface area contributed by atoms with E-state index in [1.165, 1.54) is 0 Å². The zero-order chi connectivity index (χ0) is 50.0. The lowest BCUT2D eigenvalue weighted by molar-refractivity contribution is -0.167. The number of hydrogen-bond acceptors (Lipinski definition) is 6. The zero-order valence-electron chi connectivity index (χ0n) is 43.5. The van der Waals surface area contributed by atoms with Crippen molar-refractivity contribution in [1.29, 1.82) is 0 Å². The first-order valence-corrected chi connectivity index (χ1v) is 26.6. The molecule has 0 aromatic rings. The summed E-state index contributed by atoms with van der Waals surface area (Å²) in [6, 6.07) is 0. The minimum Gasteiger partial charge on any atom is -0.462 e. The van der Waals surface area contributed by atoms with Gasteiger partial charge in [0.15, 0.2) is 6.10 Å². The van der Waals surface area contributed by atoms with Gasteiger partial charge >= 0.3 is 17.9 Å². The van der Waals surface area contributed by atoms with Crippen LogP contribution in [0.15, 0.2) is 170 Å². The minimum absolute atomic E-state index is 0.140. The predicted molar refractivity (Wildman–Crippen MR) is 297 cm³/mol. The first kappa shape index (κ1) is 63.8. The van der Waals surface area contributed by atoms with Crippen molar-refractivity contribution in [2.75, 3.05) is 13.2 Å². The fraction of sp³-hybridized carbons (Fsp3) is 0.508. The molecule has 0 amide bonds. The number of allylic oxidation sites excluding steroid dienone is 28. The second kappa shape index (κ2) is 55.4. The molecule has 382 valence electrons. The summed E-state index contributed by atoms with van der Waals surface area (Å²) in [6.45, 7) is 6.15. The van der Waals surface area contributed by atoms with E-state index in [9.17, 15) is 14.4 Å². The van der Waals surface area contributed by atoms with Crippen LogP contribution in [0.5, 0.6) is 0 Å². The van der Waals surface area contributed by atoms with Crippen LogP contribution in [0.3, 0.4) is 0 Å². The largest absolute Gasteiger partial charge is 0.462 e. The Morgan fingerprint density at radius 2 is 0.536 bits per heavy atom. The molecule has 0 spiro atoms. The summed E-state index contributed by atoms with van der Waals surface area (Å²) >= 11 is 0. The maximum atomic E-state index is 12.8. The highest BCUT2D eigenvalue weighted by atomic mass is 16.6. The number of carbonyl (C=O) groups is 3. The average Bonchev–Trinajstić information content (AvgIpc) is 3.35. The van der Waals surface area contributed by atoms with Crippen LogP contribution >= 0.6 is 0 Å². The summed E-state index contributed by atoms with van der Waals surface area (Å²) in [5.41, 5.74) is 0. The van der Waals surface area contributed by atoms with Gasteiger partial charge in [0.25, 0.3) is 0 Å². The predicted octanol–water partition coefficient (Wildman–Crippen LogP) is 18.0. The molecule has 0 aliphatic carbocycles. The van der Waals surface area contributed by atoms with Gasteiger partial charge in [0.2, 0.25) is 0 Å². The molecule has 0 N–H and O–H groups in total. The lowest BCUT2D eigenvalue weighted by atomic mass is 10.1. The molecule has 0 saturated carbocycles. The third kappa shape index (κ3) is 53.6. The summed E-state index contributed by atoms with van der Waals surface area (Å²) in [4.78, 5) is 38.1. The number of esters is 3. The van der Waals surface area contributed by atoms with Crippen molar-refractivity contribution in [2.24, 2.45) is 0 Å². The molecule has 1 atom stereocenters. The first-order chi connectivity index (χ1) is 34.0. The van der Waals surface area contributed by atoms with Gasteiger partial charge in [0, 0.05) is 19.3 Å². The van der Waals surface area contributed by atoms with Crippen molar-refractivity contribution < 1.29 is 28.6 Å². The van der Waals surface area contributed by atoms with Crippen molar-refractivity contribution >= 4 is 17.9 Å². The highest BCUT2D eigenvalue weighted by Crippen LogP contribution is 2.10. The Bertz CT molecular complexity index is 1650. The van der Waals surface area contributed by atoms with E-state index < -0.39 is 6.10 Å². The Labute approximate surface area is 422 Å². The van der Waals surface area contributed by atoms with Gasteiger partial charge in [0.1, 0.15) is 13.2 Å². The molecule has 0 saturated heterocycles. The van der Waals surface area contributed by atoms with E-state index in [2.05, 4.69) is 191 Å². The third-order valence-corrected chi connectivity index (χ3v) is 10.2. The molecule has 0 aromatic heterocycles. The molecule has 0 aromatic carbocycles. The van der Waals surface area contributed by atoms with Crippen LogP contribution in [-0.2, 0) is 28.6 Å². The molecule has 0 rings (SSSR count). The SMILES string of the molecule is CC/C=C\C/C=C\C/C=C\C/C=C\C/C=C\CCCCCC(=O)O[C@H](COC(=O)CCC/C=C\C/C=C\C/C=C\C/C=C\C/C=C\CC)COC(=O)CCCC/C=C\C/C=C\C/C=C\C/C=C\CC. The number of ether oxygens (including phenoxy) is 3. The van der Waals surface area contributed by atoms with Crippen LogP contribution in [0.2, 0.25) is 0 Å². The first-order valence-electron chi connectivity index (χ1n) is 26.6. The molecule has 0 aliphatic rings. The molecule has 0 unspecified atom stereocenters. The Morgan fingerprint density at radius 1 is 0.290 bits per heavy atom. The average molecular weight is 947 g/mol. The van der Waals surface area contributed by atoms with Crippen molar-refractivity contribution in [3.05, 3.63) is 170 Å². The Morgan fingerprint density at radius 3 is 0.870 bits per heavy atom. The summed E-state index contributed by atoms with van der Waals surface area (Å²) in [5, 5.41) is 0. The van der Waals surface area contributed by atoms with Crippen LogP contribution in [0.25, 0.3) is 0 Å². The second-order valence-corrected chi connectivity index (χ2v) is 16.6. The lowest BCUT2D eigenvalue weighted by Gasteiger charge is -2.18. The number of unbranched alkanes of at least 4 members (excludes halogenated alkanes) is 6. The van der Waals surface area contributed by atoms with Crippen molar-refractivity contribution in [3.8, 4) is 0 Å². The van der Waals surface area contributed by atoms with Crippen LogP contribution in [0.1, 0.15) is 188 Å². The zero-order valence-corrected chi connectivity index (χ0v) is 43.5. The van der Waals surface area contributed by atoms with E-state index in [1.54, 1.807) is 0 Å². The maximum Gasteiger partial charge on any atom is 0.306 e. The van der Waals surface area contributed by atoms with Crippen molar-refractivity contribution in [1.82, 2.24) is 0 Å². The van der Waals surface area contributed by atoms with E-state index in [0.717, 1.165) is 128 Å². The monoisotopic (exact) mass is 947 g/mol. The normalized spacial score (nSPS) is 13.5. The summed E-state index contributed by atoms with van der Waals surface area (Å²) in [7, 11) is 0. The van der Waals surface area contributed by atoms with Gasteiger partial charge in [-0.2, -0.15) is 0 Å². The summed E-state index contributed by atoms with van der Waals surface area (Å²) in [6.07, 6.45) is 82.0. The standard InChI is InChI=1S/C63H94O6/c1-4-7-10-13-16-19-22-25-28-30-31-33-36-39-42-45-48-51-54-57-63(66)69-60(58-67-61(64)55-52-49-46-43-40-37-34-27-24-21-18-15-12-9-6-3)59-68-62(65)56-53-50-47-44-41-38-35-32-29-26-23-20-17-14-11-8-5-2/h7-12,16-21,25-29,31,33-35,38-40,42-44,47,60H,4-6,13-15,22-24,30,32,36-37,41,45-46,48-59H2,1-3H3/b10-7-,11-8-,12-9-,19-16-,20-17-,21-18-,28-25-,29-26-,33-31-,34-27-,38-35-,42-39-,43-40-,47-44-/t60-/m0/s1. The number of rotatable bonds is 45. The van der Waals surface area contributed by atoms with E-state index in [1.807, 2.05) is 0 Å². The van der Waals surface area contributed by atoms with Crippen LogP contribution in [-0.4, -0.2) is 37.2 Å². The molecule has 0 fully saturated rings. The highest BCUT2D eigenvalue weighted by Gasteiger charge is 2.19. The van der Waals surface area contributed by atoms with Gasteiger partial charge in [-0.15, -0.1) is 0 Å². The van der Waals surface area contributed by atoms with E-state index in [-0.39, 0.29) is 50.4 Å². The second-order valence-electron chi connectivity index (χ2n) is 16.6. The molecule has 0 heterocycles. The molecule has 0 radical (unpaired) electrons. The van der Waals surface area contributed by atoms with Crippen molar-refractivity contribution in [2.45, 2.75) is 194 Å². The Hall–Kier alpha value is -5.23. The quantitative estimate of drug-likeness (QED) is 0.0262. The van der Waals surface area contributed by atoms with Gasteiger partial charge in [-0.3, -0.25) is 14.4 Å². The van der Waals surface area contributed by atoms with E-state index in [4.69, 9.17) is 14.2 Å². The molecule has 6 heteroatoms. The highest BCUT2D eigenvalue weighted by molar-refractivity contribution is 5.71. The summed E-state index contributed by atoms with van der Waals surface area (Å²) in [5.74, 6) is -1.08. The third-order valence-electron chi connectivity index (χ3n) is 10.2. The summed E-state index contributed by atoms with van der Waals surface area (Å²) < 4.78 is 16.7. The van der Waals surface area contributed by atoms with E-state index in [0.29, 0.717) is 19.3 Å². The van der Waals surface area contributed by atoms with Crippen LogP contribution < -0.4 is 0 Å². The molecular weight excluding hydrogens is 853 g/mol. The van der Waals surface area contributed by atoms with Gasteiger partial charge in [0.05, 0.1) is 0 Å². The van der Waals surface area contributed by atoms with Gasteiger partial charge in [-0.25, -0.2) is 0 Å². The number of carbonyl (C=O) groups excluding carboxylic acids is 3. The smallest absolute Gasteiger partial charge is 0.306 e. The van der Waals surface area contributed by atoms with Gasteiger partial charge in [-0.1, -0.05) is 197 Å². The number of hydrogen-bond donors (Lipinski definition) is 0. The lowest BCUT2D eigenvalue weighted by Crippen LogP contribution is -2.30. The fourth-order valence-electron chi connectivity index (χ4n) is 6.32. The minimum atomic E-state index is -0.845. The van der Waals surface area contributed by atoms with Crippen molar-refractivity contribution in [3.63, 3.8) is 0 Å². The Kier molecular flexibility index (Phi) is 51.2. The molecule has 0 aliphatic heterocycles. The van der Waals surface area contributed by atoms with Crippen LogP contribution in [0.4, 0.5) is 0 Å². The van der Waals surface area contributed by atoms with Gasteiger partial charge < -0.3 is 14.2 Å².